The Labute approximate surface area is 68.9 Å². The van der Waals surface area contributed by atoms with E-state index >= 15 is 0 Å². The molecular weight excluding hydrogens is 140 g/mol. The van der Waals surface area contributed by atoms with Crippen molar-refractivity contribution in [3.8, 4) is 0 Å². The van der Waals surface area contributed by atoms with E-state index in [-0.39, 0.29) is 0 Å². The quantitative estimate of drug-likeness (QED) is 0.550. The van der Waals surface area contributed by atoms with Crippen molar-refractivity contribution >= 4 is 0 Å². The Hall–Kier alpha value is -0.0800. The maximum Gasteiger partial charge on any atom is 0.110 e. The van der Waals surface area contributed by atoms with Crippen molar-refractivity contribution < 1.29 is 9.47 Å². The van der Waals surface area contributed by atoms with Gasteiger partial charge in [0.1, 0.15) is 6.61 Å². The second-order valence-corrected chi connectivity index (χ2v) is 3.05. The third-order valence-electron chi connectivity index (χ3n) is 1.84. The van der Waals surface area contributed by atoms with Gasteiger partial charge >= 0.3 is 0 Å². The van der Waals surface area contributed by atoms with Crippen LogP contribution in [-0.4, -0.2) is 18.8 Å². The molecule has 1 saturated carbocycles. The molecule has 0 heterocycles. The monoisotopic (exact) mass is 157 g/mol. The minimum Gasteiger partial charge on any atom is -0.376 e. The largest absolute Gasteiger partial charge is 0.376 e. The van der Waals surface area contributed by atoms with Crippen molar-refractivity contribution in [1.29, 1.82) is 0 Å². The number of rotatable bonds is 6. The molecule has 0 N–H and O–H groups in total. The lowest BCUT2D eigenvalue weighted by atomic mass is 10.3. The van der Waals surface area contributed by atoms with Gasteiger partial charge < -0.3 is 9.47 Å². The van der Waals surface area contributed by atoms with E-state index in [0.717, 1.165) is 6.42 Å². The Morgan fingerprint density at radius 2 is 2.27 bits per heavy atom. The van der Waals surface area contributed by atoms with Crippen LogP contribution >= 0.6 is 0 Å². The normalized spacial score (nSPS) is 20.2. The smallest absolute Gasteiger partial charge is 0.110 e. The number of hydrogen-bond donors (Lipinski definition) is 0. The molecule has 65 valence electrons. The van der Waals surface area contributed by atoms with Gasteiger partial charge in [-0.3, -0.25) is 0 Å². The highest BCUT2D eigenvalue weighted by atomic mass is 16.5. The Balaban J connectivity index is 1.79. The topological polar surface area (TPSA) is 18.5 Å². The van der Waals surface area contributed by atoms with Crippen LogP contribution in [0.5, 0.6) is 0 Å². The number of ether oxygens (including phenoxy) is 2. The fraction of sp³-hybridized carbons (Fsp3) is 0.889. The molecule has 1 aliphatic carbocycles. The first-order chi connectivity index (χ1) is 5.33. The molecule has 1 radical (unpaired) electrons. The van der Waals surface area contributed by atoms with Crippen LogP contribution in [0, 0.1) is 6.61 Å². The molecule has 1 rings (SSSR count). The fourth-order valence-electron chi connectivity index (χ4n) is 0.701. The van der Waals surface area contributed by atoms with Gasteiger partial charge in [0.05, 0.1) is 18.8 Å². The highest BCUT2D eigenvalue weighted by Gasteiger charge is 2.21. The summed E-state index contributed by atoms with van der Waals surface area (Å²) < 4.78 is 10.7. The fourth-order valence-corrected chi connectivity index (χ4v) is 0.701. The summed E-state index contributed by atoms with van der Waals surface area (Å²) in [5, 5.41) is 0. The van der Waals surface area contributed by atoms with Gasteiger partial charge in [0.15, 0.2) is 0 Å². The zero-order chi connectivity index (χ0) is 8.10. The molecule has 0 bridgehead atoms. The molecule has 0 amide bonds. The molecule has 1 atom stereocenters. The summed E-state index contributed by atoms with van der Waals surface area (Å²) >= 11 is 0. The van der Waals surface area contributed by atoms with Crippen LogP contribution in [0.15, 0.2) is 0 Å². The zero-order valence-corrected chi connectivity index (χ0v) is 7.38. The molecule has 0 saturated heterocycles. The van der Waals surface area contributed by atoms with Crippen LogP contribution in [-0.2, 0) is 9.47 Å². The molecule has 0 aromatic heterocycles. The van der Waals surface area contributed by atoms with Gasteiger partial charge in [0.2, 0.25) is 0 Å². The lowest BCUT2D eigenvalue weighted by molar-refractivity contribution is 0.0387. The van der Waals surface area contributed by atoms with E-state index in [4.69, 9.17) is 9.47 Å². The van der Waals surface area contributed by atoms with Crippen molar-refractivity contribution in [2.24, 2.45) is 0 Å². The molecule has 0 aromatic rings. The predicted octanol–water partition coefficient (Wildman–Crippen LogP) is 2.14. The van der Waals surface area contributed by atoms with Gasteiger partial charge in [0, 0.05) is 0 Å². The van der Waals surface area contributed by atoms with Gasteiger partial charge in [-0.1, -0.05) is 6.92 Å². The highest BCUT2D eigenvalue weighted by Crippen LogP contribution is 2.23. The van der Waals surface area contributed by atoms with Gasteiger partial charge in [-0.25, -0.2) is 0 Å². The average Bonchev–Trinajstić information content (AvgIpc) is 2.81. The second-order valence-electron chi connectivity index (χ2n) is 3.05. The summed E-state index contributed by atoms with van der Waals surface area (Å²) in [6, 6.07) is 0. The predicted molar refractivity (Wildman–Crippen MR) is 44.1 cm³/mol. The molecule has 2 nitrogen and oxygen atoms in total. The lowest BCUT2D eigenvalue weighted by Gasteiger charge is -2.09. The molecule has 0 spiro atoms. The van der Waals surface area contributed by atoms with E-state index in [1.165, 1.54) is 12.8 Å². The maximum absolute atomic E-state index is 5.39. The molecule has 0 aromatic carbocycles. The van der Waals surface area contributed by atoms with Crippen LogP contribution in [0.1, 0.15) is 33.1 Å². The van der Waals surface area contributed by atoms with Gasteiger partial charge in [0.25, 0.3) is 0 Å². The van der Waals surface area contributed by atoms with Crippen molar-refractivity contribution in [1.82, 2.24) is 0 Å². The van der Waals surface area contributed by atoms with Crippen molar-refractivity contribution in [2.75, 3.05) is 6.61 Å². The van der Waals surface area contributed by atoms with Gasteiger partial charge in [-0.2, -0.15) is 0 Å². The van der Waals surface area contributed by atoms with Gasteiger partial charge in [-0.05, 0) is 26.2 Å². The molecule has 1 fully saturated rings. The summed E-state index contributed by atoms with van der Waals surface area (Å²) in [7, 11) is 0. The van der Waals surface area contributed by atoms with Crippen molar-refractivity contribution in [3.05, 3.63) is 6.61 Å². The van der Waals surface area contributed by atoms with Crippen LogP contribution in [0.25, 0.3) is 0 Å². The molecule has 0 aliphatic heterocycles. The van der Waals surface area contributed by atoms with E-state index in [2.05, 4.69) is 13.8 Å². The Morgan fingerprint density at radius 1 is 1.55 bits per heavy atom. The lowest BCUT2D eigenvalue weighted by Crippen LogP contribution is -2.09. The Kier molecular flexibility index (Phi) is 3.87. The van der Waals surface area contributed by atoms with Crippen LogP contribution in [0.2, 0.25) is 0 Å². The minimum atomic E-state index is 0.356. The summed E-state index contributed by atoms with van der Waals surface area (Å²) in [5.74, 6) is 0. The first kappa shape index (κ1) is 9.01. The third-order valence-corrected chi connectivity index (χ3v) is 1.84. The SMILES string of the molecule is CCC(C)OC[CH]OC1CC1. The van der Waals surface area contributed by atoms with Crippen molar-refractivity contribution in [3.63, 3.8) is 0 Å². The van der Waals surface area contributed by atoms with Gasteiger partial charge in [-0.15, -0.1) is 0 Å². The number of hydrogen-bond acceptors (Lipinski definition) is 2. The van der Waals surface area contributed by atoms with E-state index in [1.807, 2.05) is 0 Å². The van der Waals surface area contributed by atoms with Crippen LogP contribution in [0.3, 0.4) is 0 Å². The first-order valence-corrected chi connectivity index (χ1v) is 4.41. The molecule has 2 heteroatoms. The molecule has 1 aliphatic rings. The van der Waals surface area contributed by atoms with E-state index in [1.54, 1.807) is 6.61 Å². The van der Waals surface area contributed by atoms with Crippen LogP contribution < -0.4 is 0 Å². The first-order valence-electron chi connectivity index (χ1n) is 4.41. The minimum absolute atomic E-state index is 0.356. The summed E-state index contributed by atoms with van der Waals surface area (Å²) in [6.45, 7) is 6.60. The van der Waals surface area contributed by atoms with Crippen LogP contribution in [0.4, 0.5) is 0 Å². The van der Waals surface area contributed by atoms with E-state index < -0.39 is 0 Å². The van der Waals surface area contributed by atoms with Crippen molar-refractivity contribution in [2.45, 2.75) is 45.3 Å². The standard InChI is InChI=1S/C9H17O2/c1-3-8(2)10-6-7-11-9-4-5-9/h7-9H,3-6H2,1-2H3. The second kappa shape index (κ2) is 4.73. The average molecular weight is 157 g/mol. The molecular formula is C9H17O2. The highest BCUT2D eigenvalue weighted by molar-refractivity contribution is 4.74. The third kappa shape index (κ3) is 4.38. The molecule has 11 heavy (non-hydrogen) atoms. The summed E-state index contributed by atoms with van der Waals surface area (Å²) in [6.07, 6.45) is 4.38. The zero-order valence-electron chi connectivity index (χ0n) is 7.38. The summed E-state index contributed by atoms with van der Waals surface area (Å²) in [4.78, 5) is 0. The molecule has 1 unspecified atom stereocenters. The maximum atomic E-state index is 5.39. The summed E-state index contributed by atoms with van der Waals surface area (Å²) in [5.41, 5.74) is 0. The van der Waals surface area contributed by atoms with E-state index in [9.17, 15) is 0 Å². The van der Waals surface area contributed by atoms with E-state index in [0.29, 0.717) is 18.8 Å². The Morgan fingerprint density at radius 3 is 2.82 bits per heavy atom. The Bertz CT molecular complexity index is 99.7.